The molecule has 0 spiro atoms. The quantitative estimate of drug-likeness (QED) is 0.387. The number of rotatable bonds is 12. The van der Waals surface area contributed by atoms with Crippen LogP contribution in [0.3, 0.4) is 0 Å². The lowest BCUT2D eigenvalue weighted by Crippen LogP contribution is -2.49. The summed E-state index contributed by atoms with van der Waals surface area (Å²) in [6, 6.07) is 25.0. The molecule has 37 heavy (non-hydrogen) atoms. The van der Waals surface area contributed by atoms with Gasteiger partial charge in [0, 0.05) is 6.42 Å². The molecule has 0 saturated carbocycles. The number of ether oxygens (including phenoxy) is 2. The minimum absolute atomic E-state index is 0.0125. The van der Waals surface area contributed by atoms with Crippen molar-refractivity contribution in [2.24, 2.45) is 0 Å². The zero-order valence-electron chi connectivity index (χ0n) is 20.0. The molecule has 1 heterocycles. The summed E-state index contributed by atoms with van der Waals surface area (Å²) in [5.41, 5.74) is 1.67. The molecule has 1 N–H and O–H groups in total. The standard InChI is InChI=1S/C28H26N2O6S/c31-25(15-20-11-13-23(14-12-20)36-22-9-5-2-6-10-22)24(18-35-17-21-7-3-1-4-8-21)29-26(32)16-30-27(33)19-37-28(30)34/h1-14,24H,15-19H2,(H,29,32). The van der Waals surface area contributed by atoms with Crippen LogP contribution in [0, 0.1) is 0 Å². The van der Waals surface area contributed by atoms with Crippen molar-refractivity contribution in [3.05, 3.63) is 96.1 Å². The van der Waals surface area contributed by atoms with E-state index in [0.717, 1.165) is 27.8 Å². The summed E-state index contributed by atoms with van der Waals surface area (Å²) in [5.74, 6) is 0.0723. The van der Waals surface area contributed by atoms with Crippen LogP contribution in [0.2, 0.25) is 0 Å². The Morgan fingerprint density at radius 2 is 1.51 bits per heavy atom. The summed E-state index contributed by atoms with van der Waals surface area (Å²) in [6.45, 7) is -0.213. The van der Waals surface area contributed by atoms with Crippen molar-refractivity contribution in [2.75, 3.05) is 18.9 Å². The van der Waals surface area contributed by atoms with Crippen molar-refractivity contribution in [3.8, 4) is 11.5 Å². The molecule has 8 nitrogen and oxygen atoms in total. The molecule has 0 bridgehead atoms. The second-order valence-corrected chi connectivity index (χ2v) is 9.28. The van der Waals surface area contributed by atoms with Crippen molar-refractivity contribution in [1.82, 2.24) is 10.2 Å². The molecular formula is C28H26N2O6S. The number of nitrogens with one attached hydrogen (secondary N) is 1. The van der Waals surface area contributed by atoms with Gasteiger partial charge in [0.2, 0.25) is 11.8 Å². The Bertz CT molecular complexity index is 1220. The van der Waals surface area contributed by atoms with E-state index in [9.17, 15) is 19.2 Å². The predicted octanol–water partition coefficient (Wildman–Crippen LogP) is 3.99. The minimum Gasteiger partial charge on any atom is -0.457 e. The van der Waals surface area contributed by atoms with Crippen molar-refractivity contribution in [3.63, 3.8) is 0 Å². The van der Waals surface area contributed by atoms with Crippen molar-refractivity contribution < 1.29 is 28.7 Å². The van der Waals surface area contributed by atoms with E-state index in [4.69, 9.17) is 9.47 Å². The first-order valence-electron chi connectivity index (χ1n) is 11.7. The number of nitrogens with zero attached hydrogens (tertiary/aromatic N) is 1. The molecule has 3 aromatic rings. The summed E-state index contributed by atoms with van der Waals surface area (Å²) in [5, 5.41) is 2.17. The highest BCUT2D eigenvalue weighted by atomic mass is 32.2. The van der Waals surface area contributed by atoms with E-state index in [1.807, 2.05) is 60.7 Å². The maximum Gasteiger partial charge on any atom is 0.289 e. The van der Waals surface area contributed by atoms with Crippen LogP contribution in [0.4, 0.5) is 4.79 Å². The van der Waals surface area contributed by atoms with E-state index in [1.54, 1.807) is 24.3 Å². The van der Waals surface area contributed by atoms with Gasteiger partial charge >= 0.3 is 0 Å². The van der Waals surface area contributed by atoms with Crippen LogP contribution in [0.5, 0.6) is 11.5 Å². The lowest BCUT2D eigenvalue weighted by atomic mass is 10.0. The van der Waals surface area contributed by atoms with Gasteiger partial charge in [-0.3, -0.25) is 24.1 Å². The van der Waals surface area contributed by atoms with Crippen LogP contribution < -0.4 is 10.1 Å². The molecule has 3 amide bonds. The maximum atomic E-state index is 13.2. The third-order valence-corrected chi connectivity index (χ3v) is 6.40. The first-order chi connectivity index (χ1) is 18.0. The molecule has 9 heteroatoms. The number of imide groups is 1. The topological polar surface area (TPSA) is 102 Å². The zero-order valence-corrected chi connectivity index (χ0v) is 20.8. The third-order valence-electron chi connectivity index (χ3n) is 5.54. The van der Waals surface area contributed by atoms with Gasteiger partial charge in [-0.25, -0.2) is 0 Å². The van der Waals surface area contributed by atoms with Crippen molar-refractivity contribution in [1.29, 1.82) is 0 Å². The second kappa shape index (κ2) is 12.8. The first-order valence-corrected chi connectivity index (χ1v) is 12.7. The lowest BCUT2D eigenvalue weighted by Gasteiger charge is -2.20. The van der Waals surface area contributed by atoms with Gasteiger partial charge < -0.3 is 14.8 Å². The average Bonchev–Trinajstić information content (AvgIpc) is 3.22. The van der Waals surface area contributed by atoms with Crippen LogP contribution in [-0.4, -0.2) is 52.7 Å². The smallest absolute Gasteiger partial charge is 0.289 e. The fourth-order valence-corrected chi connectivity index (χ4v) is 4.35. The maximum absolute atomic E-state index is 13.2. The number of benzene rings is 3. The number of hydrogen-bond donors (Lipinski definition) is 1. The highest BCUT2D eigenvalue weighted by Crippen LogP contribution is 2.21. The fourth-order valence-electron chi connectivity index (χ4n) is 3.63. The average molecular weight is 519 g/mol. The molecule has 1 fully saturated rings. The SMILES string of the molecule is O=C(CN1C(=O)CSC1=O)NC(COCc1ccccc1)C(=O)Cc1ccc(Oc2ccccc2)cc1. The Balaban J connectivity index is 1.37. The van der Waals surface area contributed by atoms with Crippen LogP contribution in [-0.2, 0) is 32.1 Å². The summed E-state index contributed by atoms with van der Waals surface area (Å²) in [4.78, 5) is 50.4. The van der Waals surface area contributed by atoms with Gasteiger partial charge in [0.25, 0.3) is 5.24 Å². The number of hydrogen-bond acceptors (Lipinski definition) is 7. The molecule has 1 saturated heterocycles. The summed E-state index contributed by atoms with van der Waals surface area (Å²) >= 11 is 0.851. The lowest BCUT2D eigenvalue weighted by molar-refractivity contribution is -0.132. The molecule has 1 unspecified atom stereocenters. The van der Waals surface area contributed by atoms with E-state index in [-0.39, 0.29) is 31.2 Å². The van der Waals surface area contributed by atoms with E-state index in [2.05, 4.69) is 5.32 Å². The molecule has 0 aliphatic carbocycles. The number of para-hydroxylation sites is 1. The normalized spacial score (nSPS) is 13.9. The molecule has 0 radical (unpaired) electrons. The fraction of sp³-hybridized carbons (Fsp3) is 0.214. The van der Waals surface area contributed by atoms with Crippen LogP contribution in [0.15, 0.2) is 84.9 Å². The van der Waals surface area contributed by atoms with Crippen LogP contribution in [0.25, 0.3) is 0 Å². The van der Waals surface area contributed by atoms with E-state index < -0.39 is 29.6 Å². The first kappa shape index (κ1) is 26.1. The van der Waals surface area contributed by atoms with Gasteiger partial charge in [-0.2, -0.15) is 0 Å². The number of ketones is 1. The Hall–Kier alpha value is -3.95. The molecule has 190 valence electrons. The van der Waals surface area contributed by atoms with E-state index in [0.29, 0.717) is 11.5 Å². The second-order valence-electron chi connectivity index (χ2n) is 8.36. The Morgan fingerprint density at radius 1 is 0.865 bits per heavy atom. The highest BCUT2D eigenvalue weighted by molar-refractivity contribution is 8.14. The summed E-state index contributed by atoms with van der Waals surface area (Å²) in [7, 11) is 0. The van der Waals surface area contributed by atoms with Gasteiger partial charge in [-0.05, 0) is 35.4 Å². The minimum atomic E-state index is -0.947. The molecule has 1 atom stereocenters. The zero-order chi connectivity index (χ0) is 26.0. The summed E-state index contributed by atoms with van der Waals surface area (Å²) < 4.78 is 11.5. The predicted molar refractivity (Wildman–Crippen MR) is 139 cm³/mol. The van der Waals surface area contributed by atoms with Gasteiger partial charge in [-0.15, -0.1) is 0 Å². The summed E-state index contributed by atoms with van der Waals surface area (Å²) in [6.07, 6.45) is 0.0582. The van der Waals surface area contributed by atoms with Crippen LogP contribution in [0.1, 0.15) is 11.1 Å². The van der Waals surface area contributed by atoms with Gasteiger partial charge in [-0.1, -0.05) is 72.4 Å². The van der Waals surface area contributed by atoms with Gasteiger partial charge in [0.05, 0.1) is 19.0 Å². The number of carbonyl (C=O) groups excluding carboxylic acids is 4. The third kappa shape index (κ3) is 7.77. The number of amides is 3. The molecular weight excluding hydrogens is 492 g/mol. The largest absolute Gasteiger partial charge is 0.457 e. The Labute approximate surface area is 218 Å². The highest BCUT2D eigenvalue weighted by Gasteiger charge is 2.32. The Morgan fingerprint density at radius 3 is 2.16 bits per heavy atom. The molecule has 4 rings (SSSR count). The van der Waals surface area contributed by atoms with E-state index >= 15 is 0 Å². The van der Waals surface area contributed by atoms with Gasteiger partial charge in [0.15, 0.2) is 5.78 Å². The molecule has 3 aromatic carbocycles. The number of Topliss-reactive ketones (excluding diaryl/α,β-unsaturated/α-hetero) is 1. The van der Waals surface area contributed by atoms with Crippen LogP contribution >= 0.6 is 11.8 Å². The number of carbonyl (C=O) groups is 4. The van der Waals surface area contributed by atoms with Gasteiger partial charge in [0.1, 0.15) is 24.1 Å². The van der Waals surface area contributed by atoms with E-state index in [1.165, 1.54) is 0 Å². The monoisotopic (exact) mass is 518 g/mol. The van der Waals surface area contributed by atoms with Crippen molar-refractivity contribution >= 4 is 34.6 Å². The Kier molecular flexibility index (Phi) is 9.07. The molecule has 1 aliphatic heterocycles. The van der Waals surface area contributed by atoms with Crippen molar-refractivity contribution in [2.45, 2.75) is 19.1 Å². The molecule has 1 aliphatic rings. The number of thioether (sulfide) groups is 1. The molecule has 0 aromatic heterocycles.